The number of carbonyl (C=O) groups is 2. The van der Waals surface area contributed by atoms with Gasteiger partial charge in [0.15, 0.2) is 5.78 Å². The predicted molar refractivity (Wildman–Crippen MR) is 64.3 cm³/mol. The number of hydrogen-bond acceptors (Lipinski definition) is 3. The zero-order chi connectivity index (χ0) is 12.5. The molecule has 4 heteroatoms. The van der Waals surface area contributed by atoms with Gasteiger partial charge in [0.2, 0.25) is 0 Å². The number of hydrogen-bond donors (Lipinski definition) is 1. The van der Waals surface area contributed by atoms with Crippen LogP contribution < -0.4 is 5.48 Å². The Morgan fingerprint density at radius 1 is 1.11 bits per heavy atom. The SMILES string of the molecule is O=C1CCCC2=C1C(c1ccccc1)C(=O)NO2. The second-order valence-electron chi connectivity index (χ2n) is 4.53. The molecule has 1 aromatic rings. The number of ketones is 1. The highest BCUT2D eigenvalue weighted by molar-refractivity contribution is 6.05. The zero-order valence-corrected chi connectivity index (χ0v) is 9.81. The Morgan fingerprint density at radius 3 is 2.67 bits per heavy atom. The van der Waals surface area contributed by atoms with Gasteiger partial charge in [0.25, 0.3) is 5.91 Å². The van der Waals surface area contributed by atoms with Gasteiger partial charge in [0.05, 0.1) is 11.5 Å². The lowest BCUT2D eigenvalue weighted by Gasteiger charge is -2.29. The first kappa shape index (κ1) is 11.0. The fourth-order valence-electron chi connectivity index (χ4n) is 2.53. The molecule has 0 aromatic heterocycles. The van der Waals surface area contributed by atoms with Crippen LogP contribution in [0.1, 0.15) is 30.7 Å². The molecule has 1 heterocycles. The Hall–Kier alpha value is -2.10. The molecule has 0 spiro atoms. The zero-order valence-electron chi connectivity index (χ0n) is 9.81. The molecule has 1 amide bonds. The minimum absolute atomic E-state index is 0.0277. The normalized spacial score (nSPS) is 23.2. The number of hydroxylamine groups is 1. The summed E-state index contributed by atoms with van der Waals surface area (Å²) in [6.45, 7) is 0. The third kappa shape index (κ3) is 1.70. The number of allylic oxidation sites excluding steroid dienone is 1. The second-order valence-corrected chi connectivity index (χ2v) is 4.53. The average molecular weight is 243 g/mol. The fraction of sp³-hybridized carbons (Fsp3) is 0.286. The third-order valence-corrected chi connectivity index (χ3v) is 3.37. The minimum atomic E-state index is -0.525. The average Bonchev–Trinajstić information content (AvgIpc) is 2.40. The van der Waals surface area contributed by atoms with E-state index in [1.807, 2.05) is 30.3 Å². The Morgan fingerprint density at radius 2 is 1.89 bits per heavy atom. The molecular formula is C14H13NO3. The van der Waals surface area contributed by atoms with Gasteiger partial charge in [0.1, 0.15) is 5.76 Å². The molecule has 0 fully saturated rings. The summed E-state index contributed by atoms with van der Waals surface area (Å²) >= 11 is 0. The molecule has 18 heavy (non-hydrogen) atoms. The Labute approximate surface area is 105 Å². The van der Waals surface area contributed by atoms with Gasteiger partial charge in [-0.15, -0.1) is 0 Å². The van der Waals surface area contributed by atoms with Crippen LogP contribution in [0.15, 0.2) is 41.7 Å². The van der Waals surface area contributed by atoms with Gasteiger partial charge in [-0.2, -0.15) is 5.48 Å². The summed E-state index contributed by atoms with van der Waals surface area (Å²) in [4.78, 5) is 29.2. The Bertz CT molecular complexity index is 533. The van der Waals surface area contributed by atoms with E-state index in [1.54, 1.807) is 0 Å². The monoisotopic (exact) mass is 243 g/mol. The van der Waals surface area contributed by atoms with Crippen molar-refractivity contribution in [3.05, 3.63) is 47.2 Å². The quantitative estimate of drug-likeness (QED) is 0.818. The topological polar surface area (TPSA) is 55.4 Å². The molecule has 1 atom stereocenters. The highest BCUT2D eigenvalue weighted by Crippen LogP contribution is 2.36. The van der Waals surface area contributed by atoms with Crippen LogP contribution >= 0.6 is 0 Å². The maximum Gasteiger partial charge on any atom is 0.264 e. The van der Waals surface area contributed by atoms with Crippen molar-refractivity contribution in [2.45, 2.75) is 25.2 Å². The number of carbonyl (C=O) groups excluding carboxylic acids is 2. The fourth-order valence-corrected chi connectivity index (χ4v) is 2.53. The molecule has 0 radical (unpaired) electrons. The summed E-state index contributed by atoms with van der Waals surface area (Å²) in [5, 5.41) is 0. The summed E-state index contributed by atoms with van der Waals surface area (Å²) in [5.74, 6) is -0.141. The van der Waals surface area contributed by atoms with Crippen LogP contribution in [0.5, 0.6) is 0 Å². The molecule has 1 aliphatic heterocycles. The van der Waals surface area contributed by atoms with Crippen molar-refractivity contribution in [2.75, 3.05) is 0 Å². The van der Waals surface area contributed by atoms with Crippen LogP contribution in [-0.4, -0.2) is 11.7 Å². The lowest BCUT2D eigenvalue weighted by atomic mass is 9.81. The number of Topliss-reactive ketones (excluding diaryl/α,β-unsaturated/α-hetero) is 1. The molecule has 4 nitrogen and oxygen atoms in total. The van der Waals surface area contributed by atoms with Crippen LogP contribution in [0.25, 0.3) is 0 Å². The van der Waals surface area contributed by atoms with E-state index in [-0.39, 0.29) is 11.7 Å². The van der Waals surface area contributed by atoms with Gasteiger partial charge in [0, 0.05) is 12.8 Å². The summed E-state index contributed by atoms with van der Waals surface area (Å²) in [7, 11) is 0. The first-order chi connectivity index (χ1) is 8.77. The van der Waals surface area contributed by atoms with Crippen LogP contribution in [0.4, 0.5) is 0 Å². The number of amides is 1. The van der Waals surface area contributed by atoms with Crippen molar-refractivity contribution in [3.8, 4) is 0 Å². The lowest BCUT2D eigenvalue weighted by Crippen LogP contribution is -2.39. The van der Waals surface area contributed by atoms with E-state index in [0.717, 1.165) is 12.0 Å². The number of nitrogens with one attached hydrogen (secondary N) is 1. The van der Waals surface area contributed by atoms with Crippen molar-refractivity contribution in [3.63, 3.8) is 0 Å². The molecule has 1 unspecified atom stereocenters. The highest BCUT2D eigenvalue weighted by Gasteiger charge is 2.38. The second kappa shape index (κ2) is 4.29. The Kier molecular flexibility index (Phi) is 2.63. The third-order valence-electron chi connectivity index (χ3n) is 3.37. The highest BCUT2D eigenvalue weighted by atomic mass is 16.7. The van der Waals surface area contributed by atoms with Gasteiger partial charge in [-0.1, -0.05) is 30.3 Å². The standard InChI is InChI=1S/C14H13NO3/c16-10-7-4-8-11-13(10)12(14(17)15-18-11)9-5-2-1-3-6-9/h1-3,5-6,12H,4,7-8H2,(H,15,17). The predicted octanol–water partition coefficient (Wildman–Crippen LogP) is 1.84. The molecule has 1 N–H and O–H groups in total. The van der Waals surface area contributed by atoms with Gasteiger partial charge >= 0.3 is 0 Å². The molecule has 0 saturated carbocycles. The first-order valence-corrected chi connectivity index (χ1v) is 6.05. The molecule has 1 aliphatic carbocycles. The van der Waals surface area contributed by atoms with Crippen LogP contribution in [-0.2, 0) is 14.4 Å². The van der Waals surface area contributed by atoms with Crippen LogP contribution in [0.3, 0.4) is 0 Å². The maximum absolute atomic E-state index is 12.0. The molecule has 2 aliphatic rings. The summed E-state index contributed by atoms with van der Waals surface area (Å²) < 4.78 is 0. The van der Waals surface area contributed by atoms with Crippen molar-refractivity contribution in [2.24, 2.45) is 0 Å². The molecule has 92 valence electrons. The molecule has 0 saturated heterocycles. The number of rotatable bonds is 1. The summed E-state index contributed by atoms with van der Waals surface area (Å²) in [5.41, 5.74) is 3.77. The molecule has 0 bridgehead atoms. The molecule has 1 aromatic carbocycles. The van der Waals surface area contributed by atoms with Gasteiger partial charge < -0.3 is 4.84 Å². The maximum atomic E-state index is 12.0. The summed E-state index contributed by atoms with van der Waals surface area (Å²) in [6.07, 6.45) is 2.00. The van der Waals surface area contributed by atoms with Crippen LogP contribution in [0.2, 0.25) is 0 Å². The van der Waals surface area contributed by atoms with E-state index < -0.39 is 5.92 Å². The van der Waals surface area contributed by atoms with E-state index in [2.05, 4.69) is 5.48 Å². The van der Waals surface area contributed by atoms with E-state index in [0.29, 0.717) is 24.2 Å². The first-order valence-electron chi connectivity index (χ1n) is 6.05. The molecule has 3 rings (SSSR count). The van der Waals surface area contributed by atoms with Gasteiger partial charge in [-0.3, -0.25) is 9.59 Å². The largest absolute Gasteiger partial charge is 0.384 e. The van der Waals surface area contributed by atoms with E-state index in [4.69, 9.17) is 4.84 Å². The summed E-state index contributed by atoms with van der Waals surface area (Å²) in [6, 6.07) is 9.35. The van der Waals surface area contributed by atoms with E-state index >= 15 is 0 Å². The van der Waals surface area contributed by atoms with Crippen molar-refractivity contribution < 1.29 is 14.4 Å². The minimum Gasteiger partial charge on any atom is -0.384 e. The smallest absolute Gasteiger partial charge is 0.264 e. The lowest BCUT2D eigenvalue weighted by molar-refractivity contribution is -0.136. The van der Waals surface area contributed by atoms with Crippen LogP contribution in [0, 0.1) is 0 Å². The molecular weight excluding hydrogens is 230 g/mol. The van der Waals surface area contributed by atoms with Crippen molar-refractivity contribution >= 4 is 11.7 Å². The van der Waals surface area contributed by atoms with E-state index in [9.17, 15) is 9.59 Å². The number of benzene rings is 1. The van der Waals surface area contributed by atoms with Gasteiger partial charge in [-0.05, 0) is 12.0 Å². The van der Waals surface area contributed by atoms with Crippen molar-refractivity contribution in [1.82, 2.24) is 5.48 Å². The van der Waals surface area contributed by atoms with Crippen molar-refractivity contribution in [1.29, 1.82) is 0 Å². The van der Waals surface area contributed by atoms with E-state index in [1.165, 1.54) is 0 Å². The Balaban J connectivity index is 2.10. The van der Waals surface area contributed by atoms with Gasteiger partial charge in [-0.25, -0.2) is 0 Å².